The van der Waals surface area contributed by atoms with Crippen molar-refractivity contribution in [2.24, 2.45) is 0 Å². The number of aryl methyl sites for hydroxylation is 1. The lowest BCUT2D eigenvalue weighted by Gasteiger charge is -2.12. The number of unbranched alkanes of at least 4 members (excludes halogenated alkanes) is 1. The Morgan fingerprint density at radius 2 is 2.08 bits per heavy atom. The number of carbonyl (C=O) groups excluding carboxylic acids is 2. The molecule has 0 fully saturated rings. The molecule has 0 aliphatic carbocycles. The molecular formula is C18H23N3O3S. The van der Waals surface area contributed by atoms with Crippen LogP contribution in [-0.2, 0) is 9.59 Å². The van der Waals surface area contributed by atoms with E-state index in [4.69, 9.17) is 4.52 Å². The van der Waals surface area contributed by atoms with E-state index in [9.17, 15) is 9.59 Å². The topological polar surface area (TPSA) is 84.2 Å². The Labute approximate surface area is 151 Å². The third-order valence-electron chi connectivity index (χ3n) is 3.44. The minimum Gasteiger partial charge on any atom is -0.360 e. The highest BCUT2D eigenvalue weighted by molar-refractivity contribution is 8.00. The maximum absolute atomic E-state index is 12.2. The van der Waals surface area contributed by atoms with Crippen LogP contribution in [0, 0.1) is 6.92 Å². The van der Waals surface area contributed by atoms with Crippen LogP contribution in [0.2, 0.25) is 0 Å². The maximum Gasteiger partial charge on any atom is 0.238 e. The Morgan fingerprint density at radius 3 is 2.76 bits per heavy atom. The summed E-state index contributed by atoms with van der Waals surface area (Å²) in [6.45, 7) is 5.64. The van der Waals surface area contributed by atoms with Gasteiger partial charge in [0.1, 0.15) is 5.76 Å². The quantitative estimate of drug-likeness (QED) is 0.687. The highest BCUT2D eigenvalue weighted by Crippen LogP contribution is 2.26. The van der Waals surface area contributed by atoms with Crippen molar-refractivity contribution in [3.8, 4) is 0 Å². The zero-order chi connectivity index (χ0) is 18.2. The van der Waals surface area contributed by atoms with Gasteiger partial charge in [0.25, 0.3) is 0 Å². The molecule has 0 aliphatic heterocycles. The van der Waals surface area contributed by atoms with E-state index in [1.807, 2.05) is 31.2 Å². The van der Waals surface area contributed by atoms with Gasteiger partial charge in [-0.3, -0.25) is 9.59 Å². The summed E-state index contributed by atoms with van der Waals surface area (Å²) in [5.41, 5.74) is 0.742. The Balaban J connectivity index is 1.91. The van der Waals surface area contributed by atoms with Crippen LogP contribution >= 0.6 is 11.8 Å². The van der Waals surface area contributed by atoms with E-state index in [-0.39, 0.29) is 17.1 Å². The molecule has 1 unspecified atom stereocenters. The number of nitrogens with one attached hydrogen (secondary N) is 2. The molecule has 0 radical (unpaired) electrons. The van der Waals surface area contributed by atoms with E-state index in [1.54, 1.807) is 13.0 Å². The van der Waals surface area contributed by atoms with E-state index in [2.05, 4.69) is 22.7 Å². The monoisotopic (exact) mass is 361 g/mol. The maximum atomic E-state index is 12.2. The van der Waals surface area contributed by atoms with Crippen LogP contribution in [0.1, 0.15) is 38.9 Å². The van der Waals surface area contributed by atoms with Crippen molar-refractivity contribution in [1.29, 1.82) is 0 Å². The Morgan fingerprint density at radius 1 is 1.28 bits per heavy atom. The molecule has 134 valence electrons. The summed E-state index contributed by atoms with van der Waals surface area (Å²) in [6, 6.07) is 9.16. The minimum atomic E-state index is -0.317. The van der Waals surface area contributed by atoms with Gasteiger partial charge in [-0.05, 0) is 38.5 Å². The number of rotatable bonds is 8. The molecule has 6 nitrogen and oxygen atoms in total. The normalized spacial score (nSPS) is 11.8. The van der Waals surface area contributed by atoms with E-state index in [0.29, 0.717) is 18.0 Å². The average molecular weight is 361 g/mol. The fourth-order valence-corrected chi connectivity index (χ4v) is 3.05. The molecule has 0 saturated carbocycles. The number of nitrogens with zero attached hydrogens (tertiary/aromatic N) is 1. The SMILES string of the molecule is CCCCC(=O)Nc1cccc(SC(C)C(=O)Nc2cc(C)on2)c1. The first-order chi connectivity index (χ1) is 12.0. The van der Waals surface area contributed by atoms with Crippen molar-refractivity contribution < 1.29 is 14.1 Å². The molecule has 0 aliphatic rings. The van der Waals surface area contributed by atoms with Gasteiger partial charge in [0, 0.05) is 23.1 Å². The smallest absolute Gasteiger partial charge is 0.238 e. The molecule has 1 aromatic carbocycles. The number of thioether (sulfide) groups is 1. The number of carbonyl (C=O) groups is 2. The highest BCUT2D eigenvalue weighted by Gasteiger charge is 2.16. The first-order valence-electron chi connectivity index (χ1n) is 8.28. The zero-order valence-electron chi connectivity index (χ0n) is 14.7. The molecule has 2 N–H and O–H groups in total. The first-order valence-corrected chi connectivity index (χ1v) is 9.16. The summed E-state index contributed by atoms with van der Waals surface area (Å²) in [7, 11) is 0. The van der Waals surface area contributed by atoms with Crippen LogP contribution in [0.5, 0.6) is 0 Å². The lowest BCUT2D eigenvalue weighted by atomic mass is 10.2. The summed E-state index contributed by atoms with van der Waals surface area (Å²) in [5.74, 6) is 0.904. The summed E-state index contributed by atoms with van der Waals surface area (Å²) < 4.78 is 4.93. The van der Waals surface area contributed by atoms with Crippen molar-refractivity contribution in [2.45, 2.75) is 50.2 Å². The van der Waals surface area contributed by atoms with Gasteiger partial charge < -0.3 is 15.2 Å². The number of hydrogen-bond donors (Lipinski definition) is 2. The molecule has 0 spiro atoms. The number of benzene rings is 1. The fourth-order valence-electron chi connectivity index (χ4n) is 2.12. The van der Waals surface area contributed by atoms with E-state index < -0.39 is 0 Å². The highest BCUT2D eigenvalue weighted by atomic mass is 32.2. The molecule has 2 rings (SSSR count). The van der Waals surface area contributed by atoms with Crippen molar-refractivity contribution in [3.05, 3.63) is 36.1 Å². The van der Waals surface area contributed by atoms with Crippen molar-refractivity contribution in [3.63, 3.8) is 0 Å². The van der Waals surface area contributed by atoms with Gasteiger partial charge in [0.2, 0.25) is 11.8 Å². The molecule has 1 heterocycles. The average Bonchev–Trinajstić information content (AvgIpc) is 2.98. The van der Waals surface area contributed by atoms with Crippen molar-refractivity contribution in [2.75, 3.05) is 10.6 Å². The van der Waals surface area contributed by atoms with Crippen LogP contribution in [0.3, 0.4) is 0 Å². The van der Waals surface area contributed by atoms with Gasteiger partial charge in [-0.2, -0.15) is 0 Å². The molecule has 1 atom stereocenters. The van der Waals surface area contributed by atoms with Crippen molar-refractivity contribution >= 4 is 35.1 Å². The van der Waals surface area contributed by atoms with Crippen LogP contribution in [0.4, 0.5) is 11.5 Å². The second kappa shape index (κ2) is 9.27. The van der Waals surface area contributed by atoms with Gasteiger partial charge in [-0.15, -0.1) is 11.8 Å². The molecule has 25 heavy (non-hydrogen) atoms. The second-order valence-electron chi connectivity index (χ2n) is 5.75. The molecule has 2 amide bonds. The fraction of sp³-hybridized carbons (Fsp3) is 0.389. The minimum absolute atomic E-state index is 0.0104. The standard InChI is InChI=1S/C18H23N3O3S/c1-4-5-9-17(22)19-14-7-6-8-15(11-14)25-13(3)18(23)20-16-10-12(2)24-21-16/h6-8,10-11,13H,4-5,9H2,1-3H3,(H,19,22)(H,20,21,23). The lowest BCUT2D eigenvalue weighted by Crippen LogP contribution is -2.22. The molecular weight excluding hydrogens is 338 g/mol. The number of amides is 2. The van der Waals surface area contributed by atoms with Gasteiger partial charge in [-0.1, -0.05) is 24.6 Å². The molecule has 1 aromatic heterocycles. The predicted octanol–water partition coefficient (Wildman–Crippen LogP) is 4.23. The van der Waals surface area contributed by atoms with Gasteiger partial charge >= 0.3 is 0 Å². The first kappa shape index (κ1) is 19.1. The van der Waals surface area contributed by atoms with Gasteiger partial charge in [0.15, 0.2) is 5.82 Å². The molecule has 0 bridgehead atoms. The lowest BCUT2D eigenvalue weighted by molar-refractivity contribution is -0.116. The number of anilines is 2. The van der Waals surface area contributed by atoms with Crippen LogP contribution < -0.4 is 10.6 Å². The third kappa shape index (κ3) is 6.26. The zero-order valence-corrected chi connectivity index (χ0v) is 15.5. The Kier molecular flexibility index (Phi) is 7.06. The van der Waals surface area contributed by atoms with E-state index in [1.165, 1.54) is 11.8 Å². The van der Waals surface area contributed by atoms with Crippen LogP contribution in [0.25, 0.3) is 0 Å². The largest absolute Gasteiger partial charge is 0.360 e. The van der Waals surface area contributed by atoms with Crippen LogP contribution in [0.15, 0.2) is 39.8 Å². The Bertz CT molecular complexity index is 730. The van der Waals surface area contributed by atoms with Gasteiger partial charge in [0.05, 0.1) is 5.25 Å². The van der Waals surface area contributed by atoms with Crippen LogP contribution in [-0.4, -0.2) is 22.2 Å². The van der Waals surface area contributed by atoms with Crippen molar-refractivity contribution in [1.82, 2.24) is 5.16 Å². The number of aromatic nitrogens is 1. The molecule has 2 aromatic rings. The second-order valence-corrected chi connectivity index (χ2v) is 7.17. The summed E-state index contributed by atoms with van der Waals surface area (Å²) >= 11 is 1.42. The van der Waals surface area contributed by atoms with E-state index >= 15 is 0 Å². The number of hydrogen-bond acceptors (Lipinski definition) is 5. The van der Waals surface area contributed by atoms with E-state index in [0.717, 1.165) is 23.4 Å². The summed E-state index contributed by atoms with van der Waals surface area (Å²) in [4.78, 5) is 25.0. The summed E-state index contributed by atoms with van der Waals surface area (Å²) in [5, 5.41) is 9.04. The predicted molar refractivity (Wildman–Crippen MR) is 99.8 cm³/mol. The molecule has 7 heteroatoms. The Hall–Kier alpha value is -2.28. The summed E-state index contributed by atoms with van der Waals surface area (Å²) in [6.07, 6.45) is 2.38. The molecule has 0 saturated heterocycles. The third-order valence-corrected chi connectivity index (χ3v) is 4.53. The van der Waals surface area contributed by atoms with Gasteiger partial charge in [-0.25, -0.2) is 0 Å².